The van der Waals surface area contributed by atoms with Gasteiger partial charge in [-0.25, -0.2) is 0 Å². The van der Waals surface area contributed by atoms with Gasteiger partial charge in [0.1, 0.15) is 0 Å². The molecule has 1 aliphatic heterocycles. The van der Waals surface area contributed by atoms with E-state index in [0.29, 0.717) is 12.0 Å². The minimum Gasteiger partial charge on any atom is -0.286 e. The highest BCUT2D eigenvalue weighted by Gasteiger charge is 2.31. The van der Waals surface area contributed by atoms with Gasteiger partial charge in [0.05, 0.1) is 6.04 Å². The molecular formula is C17H25N. The highest BCUT2D eigenvalue weighted by Crippen LogP contribution is 2.31. The third-order valence-electron chi connectivity index (χ3n) is 3.99. The molecule has 0 aromatic rings. The number of nitrogens with zero attached hydrogens (tertiary/aromatic N) is 1. The Morgan fingerprint density at radius 1 is 1.61 bits per heavy atom. The second-order valence-corrected chi connectivity index (χ2v) is 5.06. The van der Waals surface area contributed by atoms with Gasteiger partial charge in [0.2, 0.25) is 0 Å². The lowest BCUT2D eigenvalue weighted by Gasteiger charge is -2.40. The summed E-state index contributed by atoms with van der Waals surface area (Å²) >= 11 is 0. The summed E-state index contributed by atoms with van der Waals surface area (Å²) in [7, 11) is 2.13. The van der Waals surface area contributed by atoms with E-state index in [4.69, 9.17) is 6.42 Å². The van der Waals surface area contributed by atoms with Crippen LogP contribution in [0.1, 0.15) is 33.6 Å². The fourth-order valence-electron chi connectivity index (χ4n) is 2.64. The van der Waals surface area contributed by atoms with Crippen molar-refractivity contribution in [2.24, 2.45) is 5.92 Å². The molecule has 1 aliphatic rings. The zero-order valence-electron chi connectivity index (χ0n) is 12.1. The van der Waals surface area contributed by atoms with Crippen LogP contribution in [0.5, 0.6) is 0 Å². The quantitative estimate of drug-likeness (QED) is 0.536. The van der Waals surface area contributed by atoms with Crippen LogP contribution in [0.2, 0.25) is 0 Å². The first kappa shape index (κ1) is 14.8. The van der Waals surface area contributed by atoms with E-state index in [-0.39, 0.29) is 6.04 Å². The molecule has 0 N–H and O–H groups in total. The van der Waals surface area contributed by atoms with Crippen LogP contribution in [-0.2, 0) is 0 Å². The second-order valence-electron chi connectivity index (χ2n) is 5.06. The number of allylic oxidation sites excluding steroid dienone is 2. The Morgan fingerprint density at radius 2 is 2.28 bits per heavy atom. The number of likely N-dealkylation sites (N-methyl/N-ethyl adjacent to an activating group) is 1. The maximum absolute atomic E-state index is 5.67. The summed E-state index contributed by atoms with van der Waals surface area (Å²) in [5, 5.41) is 0. The van der Waals surface area contributed by atoms with Crippen molar-refractivity contribution >= 4 is 0 Å². The second kappa shape index (κ2) is 6.61. The standard InChI is InChI=1S/C17H25N/c1-7-10-11-13(4)16-12-15(8-2)17(9-3)18(6)14(16)5/h3,7,11-12,14-15,17H,1,8,10H2,2,4-6H3/b13-11+/t14-,15-,17?/m1/s1. The maximum Gasteiger partial charge on any atom is 0.0777 e. The third kappa shape index (κ3) is 2.94. The molecule has 0 bridgehead atoms. The molecule has 0 aliphatic carbocycles. The summed E-state index contributed by atoms with van der Waals surface area (Å²) in [6.45, 7) is 10.4. The van der Waals surface area contributed by atoms with E-state index in [0.717, 1.165) is 12.8 Å². The van der Waals surface area contributed by atoms with Gasteiger partial charge in [-0.3, -0.25) is 4.90 Å². The van der Waals surface area contributed by atoms with E-state index in [2.05, 4.69) is 57.4 Å². The summed E-state index contributed by atoms with van der Waals surface area (Å²) in [5.74, 6) is 3.39. The van der Waals surface area contributed by atoms with Gasteiger partial charge in [-0.05, 0) is 39.3 Å². The molecule has 18 heavy (non-hydrogen) atoms. The van der Waals surface area contributed by atoms with Crippen molar-refractivity contribution in [2.75, 3.05) is 7.05 Å². The molecule has 1 heterocycles. The van der Waals surface area contributed by atoms with Crippen LogP contribution < -0.4 is 0 Å². The van der Waals surface area contributed by atoms with Crippen LogP contribution in [0, 0.1) is 18.3 Å². The van der Waals surface area contributed by atoms with Gasteiger partial charge in [0.25, 0.3) is 0 Å². The van der Waals surface area contributed by atoms with Crippen LogP contribution in [0.25, 0.3) is 0 Å². The van der Waals surface area contributed by atoms with E-state index in [1.165, 1.54) is 11.1 Å². The summed E-state index contributed by atoms with van der Waals surface area (Å²) in [6, 6.07) is 0.607. The molecule has 0 saturated heterocycles. The van der Waals surface area contributed by atoms with Crippen LogP contribution >= 0.6 is 0 Å². The molecule has 98 valence electrons. The van der Waals surface area contributed by atoms with Gasteiger partial charge >= 0.3 is 0 Å². The fourth-order valence-corrected chi connectivity index (χ4v) is 2.64. The molecule has 0 amide bonds. The molecule has 0 aromatic carbocycles. The Labute approximate surface area is 112 Å². The van der Waals surface area contributed by atoms with Gasteiger partial charge in [-0.1, -0.05) is 36.6 Å². The molecule has 3 atom stereocenters. The molecule has 1 heteroatoms. The fraction of sp³-hybridized carbons (Fsp3) is 0.529. The van der Waals surface area contributed by atoms with Crippen molar-refractivity contribution in [1.82, 2.24) is 4.90 Å². The van der Waals surface area contributed by atoms with Gasteiger partial charge in [0, 0.05) is 12.0 Å². The molecule has 0 aromatic heterocycles. The first-order valence-corrected chi connectivity index (χ1v) is 6.74. The lowest BCUT2D eigenvalue weighted by Crippen LogP contribution is -2.46. The van der Waals surface area contributed by atoms with Crippen LogP contribution in [0.15, 0.2) is 36.0 Å². The predicted molar refractivity (Wildman–Crippen MR) is 80.3 cm³/mol. The zero-order valence-corrected chi connectivity index (χ0v) is 12.1. The number of hydrogen-bond donors (Lipinski definition) is 0. The Hall–Kier alpha value is -1.26. The largest absolute Gasteiger partial charge is 0.286 e. The highest BCUT2D eigenvalue weighted by atomic mass is 15.2. The Kier molecular flexibility index (Phi) is 5.44. The third-order valence-corrected chi connectivity index (χ3v) is 3.99. The summed E-state index contributed by atoms with van der Waals surface area (Å²) < 4.78 is 0. The van der Waals surface area contributed by atoms with E-state index in [1.54, 1.807) is 0 Å². The maximum atomic E-state index is 5.67. The number of rotatable bonds is 4. The molecular weight excluding hydrogens is 218 g/mol. The normalized spacial score (nSPS) is 29.6. The minimum atomic E-state index is 0.223. The van der Waals surface area contributed by atoms with Crippen molar-refractivity contribution < 1.29 is 0 Å². The van der Waals surface area contributed by atoms with Gasteiger partial charge in [-0.2, -0.15) is 0 Å². The molecule has 1 unspecified atom stereocenters. The van der Waals surface area contributed by atoms with Crippen molar-refractivity contribution in [3.63, 3.8) is 0 Å². The molecule has 1 rings (SSSR count). The van der Waals surface area contributed by atoms with Gasteiger partial charge < -0.3 is 0 Å². The average molecular weight is 243 g/mol. The van der Waals surface area contributed by atoms with Gasteiger partial charge in [0.15, 0.2) is 0 Å². The Bertz CT molecular complexity index is 394. The monoisotopic (exact) mass is 243 g/mol. The zero-order chi connectivity index (χ0) is 13.7. The molecule has 0 fully saturated rings. The van der Waals surface area contributed by atoms with E-state index in [1.807, 2.05) is 6.08 Å². The molecule has 0 saturated carbocycles. The number of hydrogen-bond acceptors (Lipinski definition) is 1. The van der Waals surface area contributed by atoms with Crippen molar-refractivity contribution in [3.05, 3.63) is 36.0 Å². The van der Waals surface area contributed by atoms with Crippen molar-refractivity contribution in [1.29, 1.82) is 0 Å². The van der Waals surface area contributed by atoms with Crippen LogP contribution in [-0.4, -0.2) is 24.0 Å². The summed E-state index contributed by atoms with van der Waals surface area (Å²) in [5.41, 5.74) is 2.76. The lowest BCUT2D eigenvalue weighted by molar-refractivity contribution is 0.191. The first-order valence-electron chi connectivity index (χ1n) is 6.74. The van der Waals surface area contributed by atoms with Crippen LogP contribution in [0.3, 0.4) is 0 Å². The van der Waals surface area contributed by atoms with E-state index < -0.39 is 0 Å². The molecule has 1 nitrogen and oxygen atoms in total. The van der Waals surface area contributed by atoms with Crippen LogP contribution in [0.4, 0.5) is 0 Å². The van der Waals surface area contributed by atoms with Crippen molar-refractivity contribution in [3.8, 4) is 12.3 Å². The lowest BCUT2D eigenvalue weighted by atomic mass is 9.83. The summed E-state index contributed by atoms with van der Waals surface area (Å²) in [4.78, 5) is 2.31. The highest BCUT2D eigenvalue weighted by molar-refractivity contribution is 5.37. The van der Waals surface area contributed by atoms with Crippen molar-refractivity contribution in [2.45, 2.75) is 45.7 Å². The SMILES string of the molecule is C#CC1[C@H](CC)C=C(/C(C)=C/CC=C)[C@@H](C)N1C. The van der Waals surface area contributed by atoms with E-state index >= 15 is 0 Å². The molecule has 0 radical (unpaired) electrons. The summed E-state index contributed by atoms with van der Waals surface area (Å²) in [6.07, 6.45) is 14.2. The van der Waals surface area contributed by atoms with Gasteiger partial charge in [-0.15, -0.1) is 13.0 Å². The van der Waals surface area contributed by atoms with E-state index in [9.17, 15) is 0 Å². The molecule has 0 spiro atoms. The smallest absolute Gasteiger partial charge is 0.0777 e. The Balaban J connectivity index is 3.08. The number of terminal acetylenes is 1. The minimum absolute atomic E-state index is 0.223. The Morgan fingerprint density at radius 3 is 2.78 bits per heavy atom. The topological polar surface area (TPSA) is 3.24 Å². The predicted octanol–water partition coefficient (Wildman–Crippen LogP) is 3.80. The first-order chi connectivity index (χ1) is 8.56. The average Bonchev–Trinajstić information content (AvgIpc) is 2.38.